The van der Waals surface area contributed by atoms with Gasteiger partial charge in [-0.05, 0) is 18.3 Å². The van der Waals surface area contributed by atoms with Crippen LogP contribution in [-0.4, -0.2) is 23.3 Å². The molecule has 2 rings (SSSR count). The van der Waals surface area contributed by atoms with E-state index in [1.807, 2.05) is 0 Å². The van der Waals surface area contributed by atoms with Gasteiger partial charge in [0, 0.05) is 13.1 Å². The number of nitrogens with two attached hydrogens (primary N) is 1. The van der Waals surface area contributed by atoms with E-state index in [4.69, 9.17) is 5.73 Å². The number of anilines is 2. The number of aromatic nitrogens is 2. The number of rotatable bonds is 2. The normalized spacial score (nSPS) is 20.5. The Hall–Kier alpha value is -0.840. The molecule has 0 aromatic carbocycles. The average Bonchev–Trinajstić information content (AvgIpc) is 2.66. The lowest BCUT2D eigenvalue weighted by Gasteiger charge is -2.38. The van der Waals surface area contributed by atoms with E-state index >= 15 is 0 Å². The van der Waals surface area contributed by atoms with Gasteiger partial charge in [-0.2, -0.15) is 0 Å². The van der Waals surface area contributed by atoms with Gasteiger partial charge in [-0.15, -0.1) is 10.2 Å². The van der Waals surface area contributed by atoms with Crippen LogP contribution in [0.2, 0.25) is 0 Å². The molecule has 0 radical (unpaired) electrons. The molecule has 84 valence electrons. The van der Waals surface area contributed by atoms with Crippen LogP contribution in [0.3, 0.4) is 0 Å². The Morgan fingerprint density at radius 2 is 2.07 bits per heavy atom. The lowest BCUT2D eigenvalue weighted by atomic mass is 9.78. The summed E-state index contributed by atoms with van der Waals surface area (Å²) in [6.45, 7) is 6.81. The molecule has 0 spiro atoms. The zero-order valence-corrected chi connectivity index (χ0v) is 10.2. The Kier molecular flexibility index (Phi) is 2.82. The second-order valence-corrected chi connectivity index (χ2v) is 5.56. The first kappa shape index (κ1) is 10.7. The van der Waals surface area contributed by atoms with Gasteiger partial charge in [0.05, 0.1) is 0 Å². The molecule has 1 fully saturated rings. The highest BCUT2D eigenvalue weighted by Gasteiger charge is 2.29. The largest absolute Gasteiger partial charge is 0.374 e. The second-order valence-electron chi connectivity index (χ2n) is 4.57. The Balaban J connectivity index is 1.99. The molecule has 1 aromatic heterocycles. The summed E-state index contributed by atoms with van der Waals surface area (Å²) < 4.78 is 0. The highest BCUT2D eigenvalue weighted by Crippen LogP contribution is 2.36. The first-order valence-corrected chi connectivity index (χ1v) is 6.28. The standard InChI is InChI=1S/C10H18N4S/c1-3-10(2)4-6-14(7-5-10)9-13-12-8(11)15-9/h3-7H2,1-2H3,(H2,11,12). The minimum Gasteiger partial charge on any atom is -0.374 e. The van der Waals surface area contributed by atoms with Crippen LogP contribution >= 0.6 is 11.3 Å². The fraction of sp³-hybridized carbons (Fsp3) is 0.800. The van der Waals surface area contributed by atoms with Crippen molar-refractivity contribution in [3.8, 4) is 0 Å². The zero-order valence-electron chi connectivity index (χ0n) is 9.36. The van der Waals surface area contributed by atoms with E-state index < -0.39 is 0 Å². The SMILES string of the molecule is CCC1(C)CCN(c2nnc(N)s2)CC1. The van der Waals surface area contributed by atoms with E-state index in [-0.39, 0.29) is 0 Å². The second kappa shape index (κ2) is 3.96. The number of nitrogen functional groups attached to an aromatic ring is 1. The number of nitrogens with zero attached hydrogens (tertiary/aromatic N) is 3. The van der Waals surface area contributed by atoms with Crippen LogP contribution in [0.5, 0.6) is 0 Å². The molecule has 2 heterocycles. The number of hydrogen-bond donors (Lipinski definition) is 1. The molecule has 0 atom stereocenters. The van der Waals surface area contributed by atoms with Crippen molar-refractivity contribution in [3.63, 3.8) is 0 Å². The summed E-state index contributed by atoms with van der Waals surface area (Å²) in [5.74, 6) is 0. The number of piperidine rings is 1. The van der Waals surface area contributed by atoms with Crippen molar-refractivity contribution in [2.24, 2.45) is 5.41 Å². The van der Waals surface area contributed by atoms with E-state index in [1.165, 1.54) is 30.6 Å². The molecule has 1 aliphatic rings. The molecule has 15 heavy (non-hydrogen) atoms. The fourth-order valence-electron chi connectivity index (χ4n) is 1.95. The lowest BCUT2D eigenvalue weighted by Crippen LogP contribution is -2.38. The first-order valence-electron chi connectivity index (χ1n) is 5.47. The Labute approximate surface area is 94.5 Å². The Morgan fingerprint density at radius 3 is 2.53 bits per heavy atom. The van der Waals surface area contributed by atoms with Crippen molar-refractivity contribution in [1.82, 2.24) is 10.2 Å². The van der Waals surface area contributed by atoms with Gasteiger partial charge in [0.25, 0.3) is 0 Å². The van der Waals surface area contributed by atoms with E-state index in [0.29, 0.717) is 10.5 Å². The molecule has 1 saturated heterocycles. The predicted molar refractivity (Wildman–Crippen MR) is 64.2 cm³/mol. The molecule has 0 unspecified atom stereocenters. The smallest absolute Gasteiger partial charge is 0.209 e. The van der Waals surface area contributed by atoms with Gasteiger partial charge in [0.2, 0.25) is 10.3 Å². The topological polar surface area (TPSA) is 55.0 Å². The van der Waals surface area contributed by atoms with Crippen LogP contribution in [0.15, 0.2) is 0 Å². The summed E-state index contributed by atoms with van der Waals surface area (Å²) in [5.41, 5.74) is 6.10. The third kappa shape index (κ3) is 2.22. The summed E-state index contributed by atoms with van der Waals surface area (Å²) in [4.78, 5) is 2.30. The van der Waals surface area contributed by atoms with Gasteiger partial charge < -0.3 is 10.6 Å². The molecular weight excluding hydrogens is 208 g/mol. The Bertz CT molecular complexity index is 328. The Morgan fingerprint density at radius 1 is 1.40 bits per heavy atom. The quantitative estimate of drug-likeness (QED) is 0.839. The van der Waals surface area contributed by atoms with Gasteiger partial charge in [-0.3, -0.25) is 0 Å². The van der Waals surface area contributed by atoms with Crippen molar-refractivity contribution in [2.75, 3.05) is 23.7 Å². The molecule has 1 aliphatic heterocycles. The summed E-state index contributed by atoms with van der Waals surface area (Å²) in [5, 5.41) is 9.48. The summed E-state index contributed by atoms with van der Waals surface area (Å²) >= 11 is 1.48. The fourth-order valence-corrected chi connectivity index (χ4v) is 2.61. The lowest BCUT2D eigenvalue weighted by molar-refractivity contribution is 0.238. The van der Waals surface area contributed by atoms with Crippen LogP contribution in [0.25, 0.3) is 0 Å². The minimum absolute atomic E-state index is 0.521. The summed E-state index contributed by atoms with van der Waals surface area (Å²) in [6, 6.07) is 0. The van der Waals surface area contributed by atoms with Crippen molar-refractivity contribution >= 4 is 21.6 Å². The van der Waals surface area contributed by atoms with E-state index in [1.54, 1.807) is 0 Å². The third-order valence-electron chi connectivity index (χ3n) is 3.52. The van der Waals surface area contributed by atoms with E-state index in [9.17, 15) is 0 Å². The van der Waals surface area contributed by atoms with Gasteiger partial charge in [0.1, 0.15) is 0 Å². The maximum Gasteiger partial charge on any atom is 0.209 e. The predicted octanol–water partition coefficient (Wildman–Crippen LogP) is 2.14. The molecule has 2 N–H and O–H groups in total. The van der Waals surface area contributed by atoms with Gasteiger partial charge in [-0.1, -0.05) is 31.6 Å². The van der Waals surface area contributed by atoms with Crippen molar-refractivity contribution in [1.29, 1.82) is 0 Å². The van der Waals surface area contributed by atoms with E-state index in [2.05, 4.69) is 28.9 Å². The molecule has 5 heteroatoms. The van der Waals surface area contributed by atoms with Gasteiger partial charge >= 0.3 is 0 Å². The first-order chi connectivity index (χ1) is 7.13. The average molecular weight is 226 g/mol. The molecule has 0 saturated carbocycles. The van der Waals surface area contributed by atoms with Gasteiger partial charge in [-0.25, -0.2) is 0 Å². The molecule has 0 amide bonds. The molecule has 1 aromatic rings. The highest BCUT2D eigenvalue weighted by molar-refractivity contribution is 7.18. The van der Waals surface area contributed by atoms with Crippen molar-refractivity contribution < 1.29 is 0 Å². The molecule has 4 nitrogen and oxygen atoms in total. The summed E-state index contributed by atoms with van der Waals surface area (Å²) in [6.07, 6.45) is 3.74. The zero-order chi connectivity index (χ0) is 10.9. The van der Waals surface area contributed by atoms with Crippen LogP contribution in [0, 0.1) is 5.41 Å². The van der Waals surface area contributed by atoms with Crippen molar-refractivity contribution in [2.45, 2.75) is 33.1 Å². The third-order valence-corrected chi connectivity index (χ3v) is 4.34. The van der Waals surface area contributed by atoms with Crippen LogP contribution < -0.4 is 10.6 Å². The maximum absolute atomic E-state index is 5.58. The van der Waals surface area contributed by atoms with Crippen LogP contribution in [0.1, 0.15) is 33.1 Å². The molecular formula is C10H18N4S. The molecule has 0 aliphatic carbocycles. The van der Waals surface area contributed by atoms with Gasteiger partial charge in [0.15, 0.2) is 0 Å². The van der Waals surface area contributed by atoms with Crippen LogP contribution in [-0.2, 0) is 0 Å². The molecule has 0 bridgehead atoms. The maximum atomic E-state index is 5.58. The monoisotopic (exact) mass is 226 g/mol. The minimum atomic E-state index is 0.521. The van der Waals surface area contributed by atoms with Crippen molar-refractivity contribution in [3.05, 3.63) is 0 Å². The summed E-state index contributed by atoms with van der Waals surface area (Å²) in [7, 11) is 0. The highest BCUT2D eigenvalue weighted by atomic mass is 32.1. The number of hydrogen-bond acceptors (Lipinski definition) is 5. The van der Waals surface area contributed by atoms with E-state index in [0.717, 1.165) is 18.2 Å². The van der Waals surface area contributed by atoms with Crippen LogP contribution in [0.4, 0.5) is 10.3 Å².